The third-order valence-corrected chi connectivity index (χ3v) is 2.06. The molecule has 9 heteroatoms. The lowest BCUT2D eigenvalue weighted by Crippen LogP contribution is -2.27. The van der Waals surface area contributed by atoms with Crippen LogP contribution in [0.5, 0.6) is 0 Å². The van der Waals surface area contributed by atoms with Crippen molar-refractivity contribution < 1.29 is 4.79 Å². The Morgan fingerprint density at radius 2 is 2.11 bits per heavy atom. The summed E-state index contributed by atoms with van der Waals surface area (Å²) < 4.78 is 0. The Kier molecular flexibility index (Phi) is 3.20. The van der Waals surface area contributed by atoms with Crippen LogP contribution in [0.1, 0.15) is 10.5 Å². The molecule has 2 heterocycles. The molecule has 18 heavy (non-hydrogen) atoms. The van der Waals surface area contributed by atoms with Gasteiger partial charge in [0.15, 0.2) is 0 Å². The quantitative estimate of drug-likeness (QED) is 0.649. The average molecular weight is 268 g/mol. The van der Waals surface area contributed by atoms with Crippen molar-refractivity contribution in [3.63, 3.8) is 0 Å². The predicted octanol–water partition coefficient (Wildman–Crippen LogP) is -0.241. The van der Waals surface area contributed by atoms with Crippen molar-refractivity contribution in [2.45, 2.75) is 0 Å². The van der Waals surface area contributed by atoms with E-state index in [0.29, 0.717) is 0 Å². The summed E-state index contributed by atoms with van der Waals surface area (Å²) in [5.74, 6) is -0.755. The van der Waals surface area contributed by atoms with E-state index in [4.69, 9.17) is 11.6 Å². The third-order valence-electron chi connectivity index (χ3n) is 1.85. The molecule has 8 nitrogen and oxygen atoms in total. The van der Waals surface area contributed by atoms with E-state index in [2.05, 4.69) is 20.3 Å². The number of nitrogens with zero attached hydrogens (tertiary/aromatic N) is 2. The first-order valence-electron chi connectivity index (χ1n) is 4.68. The summed E-state index contributed by atoms with van der Waals surface area (Å²) in [7, 11) is 0. The van der Waals surface area contributed by atoms with E-state index >= 15 is 0 Å². The molecule has 2 rings (SSSR count). The Morgan fingerprint density at radius 1 is 1.33 bits per heavy atom. The van der Waals surface area contributed by atoms with Gasteiger partial charge in [-0.3, -0.25) is 19.9 Å². The lowest BCUT2D eigenvalue weighted by atomic mass is 10.4. The lowest BCUT2D eigenvalue weighted by Gasteiger charge is -2.02. The van der Waals surface area contributed by atoms with E-state index in [1.807, 2.05) is 4.98 Å². The molecule has 3 N–H and O–H groups in total. The van der Waals surface area contributed by atoms with Gasteiger partial charge in [-0.05, 0) is 6.07 Å². The summed E-state index contributed by atoms with van der Waals surface area (Å²) in [6, 6.07) is 2.38. The number of hydrogen-bond acceptors (Lipinski definition) is 5. The second kappa shape index (κ2) is 4.80. The summed E-state index contributed by atoms with van der Waals surface area (Å²) in [4.78, 5) is 45.2. The number of amides is 1. The molecule has 2 aromatic heterocycles. The molecule has 0 aliphatic heterocycles. The van der Waals surface area contributed by atoms with Crippen LogP contribution in [0.25, 0.3) is 0 Å². The number of carbonyl (C=O) groups excluding carboxylic acids is 1. The number of aromatic nitrogens is 4. The first kappa shape index (κ1) is 12.0. The summed E-state index contributed by atoms with van der Waals surface area (Å²) in [5, 5.41) is 2.44. The second-order valence-electron chi connectivity index (χ2n) is 3.16. The molecule has 0 saturated carbocycles. The normalized spacial score (nSPS) is 10.1. The van der Waals surface area contributed by atoms with Gasteiger partial charge >= 0.3 is 5.69 Å². The van der Waals surface area contributed by atoms with Crippen LogP contribution >= 0.6 is 11.6 Å². The van der Waals surface area contributed by atoms with Gasteiger partial charge in [0.1, 0.15) is 10.8 Å². The van der Waals surface area contributed by atoms with Crippen molar-refractivity contribution in [2.24, 2.45) is 0 Å². The zero-order valence-corrected chi connectivity index (χ0v) is 9.49. The van der Waals surface area contributed by atoms with E-state index < -0.39 is 17.2 Å². The Labute approximate surface area is 104 Å². The van der Waals surface area contributed by atoms with Crippen LogP contribution in [0.2, 0.25) is 5.15 Å². The fourth-order valence-electron chi connectivity index (χ4n) is 1.16. The first-order chi connectivity index (χ1) is 8.54. The smallest absolute Gasteiger partial charge is 0.303 e. The Hall–Kier alpha value is -2.48. The van der Waals surface area contributed by atoms with Crippen LogP contribution < -0.4 is 16.6 Å². The maximum Gasteiger partial charge on any atom is 0.326 e. The number of carbonyl (C=O) groups is 1. The number of H-pyrrole nitrogens is 2. The van der Waals surface area contributed by atoms with Crippen LogP contribution in [0, 0.1) is 0 Å². The first-order valence-corrected chi connectivity index (χ1v) is 5.06. The SMILES string of the molecule is O=C(Nc1nccc(Cl)n1)c1cc(=O)[nH]c(=O)[nH]1. The highest BCUT2D eigenvalue weighted by Gasteiger charge is 2.10. The number of aromatic amines is 2. The van der Waals surface area contributed by atoms with Gasteiger partial charge < -0.3 is 4.98 Å². The maximum absolute atomic E-state index is 11.7. The van der Waals surface area contributed by atoms with Gasteiger partial charge in [0, 0.05) is 12.3 Å². The summed E-state index contributed by atoms with van der Waals surface area (Å²) in [6.07, 6.45) is 1.35. The van der Waals surface area contributed by atoms with Gasteiger partial charge in [-0.2, -0.15) is 0 Å². The minimum atomic E-state index is -0.778. The molecule has 0 unspecified atom stereocenters. The fraction of sp³-hybridized carbons (Fsp3) is 0. The van der Waals surface area contributed by atoms with Crippen LogP contribution in [0.4, 0.5) is 5.95 Å². The van der Waals surface area contributed by atoms with Crippen LogP contribution in [0.15, 0.2) is 27.9 Å². The van der Waals surface area contributed by atoms with E-state index in [1.54, 1.807) is 0 Å². The van der Waals surface area contributed by atoms with Crippen molar-refractivity contribution in [3.05, 3.63) is 50.0 Å². The number of rotatable bonds is 2. The highest BCUT2D eigenvalue weighted by molar-refractivity contribution is 6.29. The van der Waals surface area contributed by atoms with Crippen LogP contribution in [-0.2, 0) is 0 Å². The minimum Gasteiger partial charge on any atom is -0.303 e. The molecule has 0 atom stereocenters. The van der Waals surface area contributed by atoms with E-state index in [-0.39, 0.29) is 16.8 Å². The van der Waals surface area contributed by atoms with Gasteiger partial charge in [0.25, 0.3) is 11.5 Å². The van der Waals surface area contributed by atoms with Gasteiger partial charge in [-0.15, -0.1) is 0 Å². The largest absolute Gasteiger partial charge is 0.326 e. The zero-order valence-electron chi connectivity index (χ0n) is 8.73. The van der Waals surface area contributed by atoms with E-state index in [0.717, 1.165) is 6.07 Å². The Bertz CT molecular complexity index is 679. The standard InChI is InChI=1S/C9H6ClN5O3/c10-5-1-2-11-8(13-5)15-7(17)4-3-6(16)14-9(18)12-4/h1-3H,(H,11,13,15,17)(H2,12,14,16,18). The van der Waals surface area contributed by atoms with Crippen molar-refractivity contribution >= 4 is 23.5 Å². The number of anilines is 1. The maximum atomic E-state index is 11.7. The van der Waals surface area contributed by atoms with Crippen molar-refractivity contribution in [2.75, 3.05) is 5.32 Å². The highest BCUT2D eigenvalue weighted by Crippen LogP contribution is 2.06. The van der Waals surface area contributed by atoms with Gasteiger partial charge in [0.2, 0.25) is 5.95 Å². The average Bonchev–Trinajstić information content (AvgIpc) is 2.27. The lowest BCUT2D eigenvalue weighted by molar-refractivity contribution is 0.102. The molecule has 0 aliphatic carbocycles. The van der Waals surface area contributed by atoms with Gasteiger partial charge in [-0.25, -0.2) is 14.8 Å². The summed E-state index contributed by atoms with van der Waals surface area (Å²) >= 11 is 5.61. The topological polar surface area (TPSA) is 121 Å². The summed E-state index contributed by atoms with van der Waals surface area (Å²) in [6.45, 7) is 0. The fourth-order valence-corrected chi connectivity index (χ4v) is 1.29. The van der Waals surface area contributed by atoms with Crippen molar-refractivity contribution in [1.29, 1.82) is 0 Å². The molecule has 0 fully saturated rings. The van der Waals surface area contributed by atoms with E-state index in [9.17, 15) is 14.4 Å². The Balaban J connectivity index is 2.27. The molecule has 0 radical (unpaired) electrons. The molecular formula is C9H6ClN5O3. The Morgan fingerprint density at radius 3 is 2.78 bits per heavy atom. The van der Waals surface area contributed by atoms with Gasteiger partial charge in [-0.1, -0.05) is 11.6 Å². The molecule has 0 spiro atoms. The predicted molar refractivity (Wildman–Crippen MR) is 62.7 cm³/mol. The monoisotopic (exact) mass is 267 g/mol. The molecule has 0 aliphatic rings. The van der Waals surface area contributed by atoms with Crippen LogP contribution in [0.3, 0.4) is 0 Å². The molecule has 2 aromatic rings. The number of hydrogen-bond donors (Lipinski definition) is 3. The van der Waals surface area contributed by atoms with Crippen molar-refractivity contribution in [1.82, 2.24) is 19.9 Å². The molecule has 1 amide bonds. The molecule has 0 saturated heterocycles. The second-order valence-corrected chi connectivity index (χ2v) is 3.55. The van der Waals surface area contributed by atoms with Gasteiger partial charge in [0.05, 0.1) is 0 Å². The zero-order chi connectivity index (χ0) is 13.1. The minimum absolute atomic E-state index is 0.0337. The van der Waals surface area contributed by atoms with Crippen molar-refractivity contribution in [3.8, 4) is 0 Å². The van der Waals surface area contributed by atoms with E-state index in [1.165, 1.54) is 12.3 Å². The van der Waals surface area contributed by atoms with Crippen LogP contribution in [-0.4, -0.2) is 25.8 Å². The molecular weight excluding hydrogens is 262 g/mol. The summed E-state index contributed by atoms with van der Waals surface area (Å²) in [5.41, 5.74) is -1.66. The molecule has 0 aromatic carbocycles. The molecule has 0 bridgehead atoms. The number of nitrogens with one attached hydrogen (secondary N) is 3. The third kappa shape index (κ3) is 2.80. The highest BCUT2D eigenvalue weighted by atomic mass is 35.5. The number of halogens is 1. The molecule has 92 valence electrons.